The van der Waals surface area contributed by atoms with Crippen molar-refractivity contribution >= 4 is 5.78 Å². The van der Waals surface area contributed by atoms with E-state index in [1.807, 2.05) is 6.07 Å². The second kappa shape index (κ2) is 5.04. The van der Waals surface area contributed by atoms with Crippen molar-refractivity contribution in [3.05, 3.63) is 35.9 Å². The molecule has 0 spiro atoms. The number of carbonyl (C=O) groups excluding carboxylic acids is 1. The average Bonchev–Trinajstić information content (AvgIpc) is 2.38. The molecule has 3 heteroatoms. The van der Waals surface area contributed by atoms with E-state index in [1.54, 1.807) is 24.3 Å². The Balaban J connectivity index is 2.08. The van der Waals surface area contributed by atoms with Crippen molar-refractivity contribution in [3.63, 3.8) is 0 Å². The number of hydrogen-bond acceptors (Lipinski definition) is 2. The molecule has 1 aliphatic heterocycles. The molecule has 0 aromatic heterocycles. The Morgan fingerprint density at radius 2 is 1.68 bits per heavy atom. The van der Waals surface area contributed by atoms with E-state index in [2.05, 4.69) is 25.7 Å². The highest BCUT2D eigenvalue weighted by molar-refractivity contribution is 6.02. The first-order valence-electron chi connectivity index (χ1n) is 6.87. The summed E-state index contributed by atoms with van der Waals surface area (Å²) in [7, 11) is 0. The molecule has 1 saturated heterocycles. The van der Waals surface area contributed by atoms with E-state index in [9.17, 15) is 9.18 Å². The SMILES string of the molecule is CC(C)(C)N1CCC(F)(C(=O)c2ccccc2)CC1. The summed E-state index contributed by atoms with van der Waals surface area (Å²) in [4.78, 5) is 14.5. The van der Waals surface area contributed by atoms with E-state index < -0.39 is 5.67 Å². The van der Waals surface area contributed by atoms with Crippen molar-refractivity contribution in [3.8, 4) is 0 Å². The molecule has 0 bridgehead atoms. The monoisotopic (exact) mass is 263 g/mol. The smallest absolute Gasteiger partial charge is 0.200 e. The lowest BCUT2D eigenvalue weighted by Crippen LogP contribution is -2.52. The third kappa shape index (κ3) is 3.03. The maximum Gasteiger partial charge on any atom is 0.200 e. The zero-order valence-electron chi connectivity index (χ0n) is 11.9. The van der Waals surface area contributed by atoms with Gasteiger partial charge in [0.2, 0.25) is 0 Å². The van der Waals surface area contributed by atoms with Gasteiger partial charge < -0.3 is 0 Å². The van der Waals surface area contributed by atoms with Gasteiger partial charge in [-0.25, -0.2) is 4.39 Å². The fourth-order valence-corrected chi connectivity index (χ4v) is 2.61. The molecule has 0 amide bonds. The summed E-state index contributed by atoms with van der Waals surface area (Å²) in [6.45, 7) is 7.64. The van der Waals surface area contributed by atoms with Gasteiger partial charge in [0.05, 0.1) is 0 Å². The first-order chi connectivity index (χ1) is 8.83. The van der Waals surface area contributed by atoms with Gasteiger partial charge in [-0.2, -0.15) is 0 Å². The molecule has 1 aliphatic rings. The molecular formula is C16H22FNO. The molecule has 0 aliphatic carbocycles. The molecule has 0 N–H and O–H groups in total. The van der Waals surface area contributed by atoms with Crippen molar-refractivity contribution in [2.24, 2.45) is 0 Å². The van der Waals surface area contributed by atoms with Crippen LogP contribution in [0, 0.1) is 0 Å². The number of ketones is 1. The second-order valence-electron chi connectivity index (χ2n) is 6.32. The number of halogens is 1. The minimum Gasteiger partial charge on any atom is -0.298 e. The van der Waals surface area contributed by atoms with Crippen LogP contribution in [-0.4, -0.2) is 35.0 Å². The minimum absolute atomic E-state index is 0.0388. The van der Waals surface area contributed by atoms with E-state index in [0.717, 1.165) is 0 Å². The van der Waals surface area contributed by atoms with Crippen LogP contribution in [0.3, 0.4) is 0 Å². The Hall–Kier alpha value is -1.22. The first-order valence-corrected chi connectivity index (χ1v) is 6.87. The highest BCUT2D eigenvalue weighted by Gasteiger charge is 2.43. The summed E-state index contributed by atoms with van der Waals surface area (Å²) in [5, 5.41) is 0. The highest BCUT2D eigenvalue weighted by atomic mass is 19.1. The molecule has 0 unspecified atom stereocenters. The molecule has 0 saturated carbocycles. The van der Waals surface area contributed by atoms with Crippen LogP contribution in [-0.2, 0) is 0 Å². The number of piperidine rings is 1. The molecule has 104 valence electrons. The third-order valence-corrected chi connectivity index (χ3v) is 3.95. The Morgan fingerprint density at radius 1 is 1.16 bits per heavy atom. The van der Waals surface area contributed by atoms with Crippen LogP contribution in [0.15, 0.2) is 30.3 Å². The van der Waals surface area contributed by atoms with Crippen LogP contribution < -0.4 is 0 Å². The van der Waals surface area contributed by atoms with E-state index in [1.165, 1.54) is 0 Å². The number of hydrogen-bond donors (Lipinski definition) is 0. The molecule has 1 fully saturated rings. The van der Waals surface area contributed by atoms with E-state index >= 15 is 0 Å². The van der Waals surface area contributed by atoms with Gasteiger partial charge in [0.1, 0.15) is 0 Å². The predicted molar refractivity (Wildman–Crippen MR) is 75.2 cm³/mol. The topological polar surface area (TPSA) is 20.3 Å². The first kappa shape index (κ1) is 14.2. The van der Waals surface area contributed by atoms with Crippen molar-refractivity contribution in [1.29, 1.82) is 0 Å². The third-order valence-electron chi connectivity index (χ3n) is 3.95. The number of likely N-dealkylation sites (tertiary alicyclic amines) is 1. The van der Waals surface area contributed by atoms with Crippen LogP contribution >= 0.6 is 0 Å². The van der Waals surface area contributed by atoms with Gasteiger partial charge in [0.15, 0.2) is 11.5 Å². The van der Waals surface area contributed by atoms with E-state index in [4.69, 9.17) is 0 Å². The Labute approximate surface area is 114 Å². The van der Waals surface area contributed by atoms with Gasteiger partial charge in [-0.15, -0.1) is 0 Å². The van der Waals surface area contributed by atoms with Gasteiger partial charge in [0.25, 0.3) is 0 Å². The lowest BCUT2D eigenvalue weighted by Gasteiger charge is -2.42. The quantitative estimate of drug-likeness (QED) is 0.761. The van der Waals surface area contributed by atoms with Crippen molar-refractivity contribution in [2.75, 3.05) is 13.1 Å². The summed E-state index contributed by atoms with van der Waals surface area (Å²) in [6, 6.07) is 8.78. The van der Waals surface area contributed by atoms with Crippen LogP contribution in [0.25, 0.3) is 0 Å². The standard InChI is InChI=1S/C16H22FNO/c1-15(2,3)18-11-9-16(17,10-12-18)14(19)13-7-5-4-6-8-13/h4-8H,9-12H2,1-3H3. The maximum atomic E-state index is 14.8. The minimum atomic E-state index is -1.69. The number of nitrogens with zero attached hydrogens (tertiary/aromatic N) is 1. The summed E-state index contributed by atoms with van der Waals surface area (Å²) in [5.41, 5.74) is -1.17. The predicted octanol–water partition coefficient (Wildman–Crippen LogP) is 3.47. The molecule has 2 nitrogen and oxygen atoms in total. The number of carbonyl (C=O) groups is 1. The van der Waals surface area contributed by atoms with Crippen molar-refractivity contribution < 1.29 is 9.18 Å². The van der Waals surface area contributed by atoms with E-state index in [0.29, 0.717) is 18.7 Å². The summed E-state index contributed by atoms with van der Waals surface area (Å²) < 4.78 is 14.8. The van der Waals surface area contributed by atoms with E-state index in [-0.39, 0.29) is 24.2 Å². The van der Waals surface area contributed by atoms with Gasteiger partial charge in [-0.3, -0.25) is 9.69 Å². The van der Waals surface area contributed by atoms with Crippen LogP contribution in [0.5, 0.6) is 0 Å². The summed E-state index contributed by atoms with van der Waals surface area (Å²) in [5.74, 6) is -0.360. The molecule has 19 heavy (non-hydrogen) atoms. The van der Waals surface area contributed by atoms with Gasteiger partial charge in [-0.1, -0.05) is 30.3 Å². The van der Waals surface area contributed by atoms with Crippen LogP contribution in [0.2, 0.25) is 0 Å². The van der Waals surface area contributed by atoms with Crippen molar-refractivity contribution in [2.45, 2.75) is 44.8 Å². The number of Topliss-reactive ketones (excluding diaryl/α,β-unsaturated/α-hetero) is 1. The fourth-order valence-electron chi connectivity index (χ4n) is 2.61. The summed E-state index contributed by atoms with van der Waals surface area (Å²) in [6.07, 6.45) is 0.579. The number of alkyl halides is 1. The molecule has 0 atom stereocenters. The molecular weight excluding hydrogens is 241 g/mol. The molecule has 1 aromatic carbocycles. The Kier molecular flexibility index (Phi) is 3.77. The molecule has 1 aromatic rings. The number of rotatable bonds is 2. The zero-order valence-corrected chi connectivity index (χ0v) is 11.9. The van der Waals surface area contributed by atoms with Gasteiger partial charge in [-0.05, 0) is 20.8 Å². The van der Waals surface area contributed by atoms with Gasteiger partial charge in [0, 0.05) is 37.0 Å². The fraction of sp³-hybridized carbons (Fsp3) is 0.562. The molecule has 2 rings (SSSR count). The molecule has 1 heterocycles. The Bertz CT molecular complexity index is 442. The summed E-state index contributed by atoms with van der Waals surface area (Å²) >= 11 is 0. The molecule has 0 radical (unpaired) electrons. The number of benzene rings is 1. The normalized spacial score (nSPS) is 20.2. The van der Waals surface area contributed by atoms with Gasteiger partial charge >= 0.3 is 0 Å². The van der Waals surface area contributed by atoms with Crippen molar-refractivity contribution in [1.82, 2.24) is 4.90 Å². The largest absolute Gasteiger partial charge is 0.298 e. The lowest BCUT2D eigenvalue weighted by atomic mass is 9.84. The highest BCUT2D eigenvalue weighted by Crippen LogP contribution is 2.32. The van der Waals surface area contributed by atoms with Crippen LogP contribution in [0.4, 0.5) is 4.39 Å². The second-order valence-corrected chi connectivity index (χ2v) is 6.32. The maximum absolute atomic E-state index is 14.8. The zero-order chi connectivity index (χ0) is 14.1. The average molecular weight is 263 g/mol. The Morgan fingerprint density at radius 3 is 2.16 bits per heavy atom. The lowest BCUT2D eigenvalue weighted by molar-refractivity contribution is 0.0189. The van der Waals surface area contributed by atoms with Crippen LogP contribution in [0.1, 0.15) is 44.0 Å².